The van der Waals surface area contributed by atoms with Crippen LogP contribution in [0.15, 0.2) is 17.2 Å². The lowest BCUT2D eigenvalue weighted by Crippen LogP contribution is -2.22. The highest BCUT2D eigenvalue weighted by Crippen LogP contribution is 2.15. The molecule has 1 heterocycles. The van der Waals surface area contributed by atoms with E-state index in [1.807, 2.05) is 0 Å². The summed E-state index contributed by atoms with van der Waals surface area (Å²) in [6.45, 7) is 0. The topological polar surface area (TPSA) is 91.1 Å². The van der Waals surface area contributed by atoms with Gasteiger partial charge in [0.05, 0.1) is 5.56 Å². The van der Waals surface area contributed by atoms with Gasteiger partial charge < -0.3 is 4.90 Å². The lowest BCUT2D eigenvalue weighted by Gasteiger charge is -2.10. The highest BCUT2D eigenvalue weighted by atomic mass is 32.2. The highest BCUT2D eigenvalue weighted by molar-refractivity contribution is 7.90. The maximum atomic E-state index is 11.6. The molecule has 1 amide bonds. The summed E-state index contributed by atoms with van der Waals surface area (Å²) in [7, 11) is -0.498. The molecule has 0 bridgehead atoms. The predicted octanol–water partition coefficient (Wildman–Crippen LogP) is 0.0586. The highest BCUT2D eigenvalue weighted by Gasteiger charge is 2.18. The van der Waals surface area contributed by atoms with Crippen molar-refractivity contribution >= 4 is 15.7 Å². The minimum atomic E-state index is -3.58. The fourth-order valence-electron chi connectivity index (χ4n) is 1.19. The van der Waals surface area contributed by atoms with E-state index in [0.29, 0.717) is 0 Å². The van der Waals surface area contributed by atoms with Gasteiger partial charge in [0, 0.05) is 26.5 Å². The van der Waals surface area contributed by atoms with Gasteiger partial charge in [0.15, 0.2) is 15.5 Å². The van der Waals surface area contributed by atoms with Crippen molar-refractivity contribution in [1.82, 2.24) is 9.88 Å². The Morgan fingerprint density at radius 2 is 2.06 bits per heavy atom. The van der Waals surface area contributed by atoms with Gasteiger partial charge in [0.25, 0.3) is 5.91 Å². The number of pyridine rings is 1. The number of nitrogens with zero attached hydrogens (tertiary/aromatic N) is 3. The molecule has 0 saturated heterocycles. The van der Waals surface area contributed by atoms with E-state index >= 15 is 0 Å². The molecule has 0 unspecified atom stereocenters. The number of amides is 1. The number of carbonyl (C=O) groups is 1. The molecule has 0 radical (unpaired) electrons. The van der Waals surface area contributed by atoms with E-state index in [2.05, 4.69) is 4.98 Å². The summed E-state index contributed by atoms with van der Waals surface area (Å²) in [4.78, 5) is 16.4. The van der Waals surface area contributed by atoms with E-state index in [1.165, 1.54) is 17.2 Å². The Bertz CT molecular complexity index is 600. The largest absolute Gasteiger partial charge is 0.345 e. The Hall–Kier alpha value is -1.94. The Morgan fingerprint density at radius 3 is 2.47 bits per heavy atom. The zero-order chi connectivity index (χ0) is 13.2. The average molecular weight is 253 g/mol. The summed E-state index contributed by atoms with van der Waals surface area (Å²) in [5.74, 6) is -0.369. The van der Waals surface area contributed by atoms with E-state index in [1.54, 1.807) is 20.2 Å². The molecule has 6 nitrogen and oxygen atoms in total. The van der Waals surface area contributed by atoms with Crippen LogP contribution in [0.4, 0.5) is 0 Å². The molecule has 0 spiro atoms. The molecule has 0 saturated carbocycles. The van der Waals surface area contributed by atoms with Crippen molar-refractivity contribution < 1.29 is 13.2 Å². The Balaban J connectivity index is 3.45. The fraction of sp³-hybridized carbons (Fsp3) is 0.300. The Labute approximate surface area is 99.4 Å². The quantitative estimate of drug-likeness (QED) is 0.743. The van der Waals surface area contributed by atoms with Gasteiger partial charge >= 0.3 is 0 Å². The predicted molar refractivity (Wildman–Crippen MR) is 60.1 cm³/mol. The van der Waals surface area contributed by atoms with Gasteiger partial charge in [-0.15, -0.1) is 0 Å². The van der Waals surface area contributed by atoms with Crippen molar-refractivity contribution in [3.8, 4) is 6.07 Å². The van der Waals surface area contributed by atoms with Crippen LogP contribution in [0, 0.1) is 11.3 Å². The molecule has 1 rings (SSSR count). The van der Waals surface area contributed by atoms with Crippen molar-refractivity contribution in [2.45, 2.75) is 4.90 Å². The molecule has 0 aliphatic heterocycles. The minimum absolute atomic E-state index is 0.134. The molecule has 0 aliphatic rings. The number of rotatable bonds is 2. The monoisotopic (exact) mass is 253 g/mol. The molecule has 0 atom stereocenters. The second-order valence-corrected chi connectivity index (χ2v) is 5.64. The smallest absolute Gasteiger partial charge is 0.254 e. The van der Waals surface area contributed by atoms with Crippen molar-refractivity contribution in [1.29, 1.82) is 5.26 Å². The fourth-order valence-corrected chi connectivity index (χ4v) is 1.98. The van der Waals surface area contributed by atoms with Crippen LogP contribution in [0.5, 0.6) is 0 Å². The molecule has 1 aromatic rings. The maximum Gasteiger partial charge on any atom is 0.254 e. The van der Waals surface area contributed by atoms with E-state index in [0.717, 1.165) is 6.26 Å². The van der Waals surface area contributed by atoms with Crippen LogP contribution in [0.1, 0.15) is 16.1 Å². The molecule has 17 heavy (non-hydrogen) atoms. The molecule has 1 aromatic heterocycles. The number of nitriles is 1. The number of hydrogen-bond donors (Lipinski definition) is 0. The summed E-state index contributed by atoms with van der Waals surface area (Å²) in [5, 5.41) is 8.75. The molecule has 0 aliphatic carbocycles. The first-order chi connectivity index (χ1) is 7.77. The third-order valence-electron chi connectivity index (χ3n) is 2.01. The number of hydrogen-bond acceptors (Lipinski definition) is 5. The lowest BCUT2D eigenvalue weighted by molar-refractivity contribution is 0.0827. The molecular formula is C10H11N3O3S. The van der Waals surface area contributed by atoms with Gasteiger partial charge in [-0.2, -0.15) is 5.26 Å². The third-order valence-corrected chi connectivity index (χ3v) is 3.12. The van der Waals surface area contributed by atoms with Crippen LogP contribution in [0.3, 0.4) is 0 Å². The molecule has 7 heteroatoms. The Kier molecular flexibility index (Phi) is 3.48. The first-order valence-electron chi connectivity index (χ1n) is 4.59. The first-order valence-corrected chi connectivity index (χ1v) is 6.48. The zero-order valence-corrected chi connectivity index (χ0v) is 10.4. The first kappa shape index (κ1) is 13.1. The van der Waals surface area contributed by atoms with Crippen LogP contribution < -0.4 is 0 Å². The third kappa shape index (κ3) is 2.79. The molecule has 0 N–H and O–H groups in total. The van der Waals surface area contributed by atoms with Gasteiger partial charge in [0.1, 0.15) is 11.0 Å². The second-order valence-electron chi connectivity index (χ2n) is 3.65. The van der Waals surface area contributed by atoms with Gasteiger partial charge in [0.2, 0.25) is 0 Å². The van der Waals surface area contributed by atoms with Crippen LogP contribution in [-0.2, 0) is 9.84 Å². The normalized spacial score (nSPS) is 10.7. The standard InChI is InChI=1S/C10H11N3O3S/c1-13(2)10(14)7-4-9(17(3,15)16)8(5-11)12-6-7/h4,6H,1-3H3. The van der Waals surface area contributed by atoms with E-state index < -0.39 is 9.84 Å². The van der Waals surface area contributed by atoms with Gasteiger partial charge in [-0.3, -0.25) is 4.79 Å². The second kappa shape index (κ2) is 4.51. The summed E-state index contributed by atoms with van der Waals surface area (Å²) >= 11 is 0. The number of aromatic nitrogens is 1. The SMILES string of the molecule is CN(C)C(=O)c1cnc(C#N)c(S(C)(=O)=O)c1. The van der Waals surface area contributed by atoms with Crippen LogP contribution in [-0.4, -0.2) is 44.6 Å². The minimum Gasteiger partial charge on any atom is -0.345 e. The summed E-state index contributed by atoms with van der Waals surface area (Å²) in [6, 6.07) is 2.85. The van der Waals surface area contributed by atoms with E-state index in [4.69, 9.17) is 5.26 Å². The van der Waals surface area contributed by atoms with Crippen molar-refractivity contribution in [2.24, 2.45) is 0 Å². The van der Waals surface area contributed by atoms with Gasteiger partial charge in [-0.1, -0.05) is 0 Å². The molecule has 0 aromatic carbocycles. The molecule has 0 fully saturated rings. The van der Waals surface area contributed by atoms with Crippen LogP contribution in [0.25, 0.3) is 0 Å². The number of carbonyl (C=O) groups excluding carboxylic acids is 1. The van der Waals surface area contributed by atoms with Crippen LogP contribution >= 0.6 is 0 Å². The van der Waals surface area contributed by atoms with E-state index in [9.17, 15) is 13.2 Å². The van der Waals surface area contributed by atoms with Crippen molar-refractivity contribution in [2.75, 3.05) is 20.4 Å². The van der Waals surface area contributed by atoms with E-state index in [-0.39, 0.29) is 22.1 Å². The van der Waals surface area contributed by atoms with Crippen molar-refractivity contribution in [3.05, 3.63) is 23.5 Å². The summed E-state index contributed by atoms with van der Waals surface area (Å²) < 4.78 is 22.9. The lowest BCUT2D eigenvalue weighted by atomic mass is 10.2. The van der Waals surface area contributed by atoms with Crippen LogP contribution in [0.2, 0.25) is 0 Å². The average Bonchev–Trinajstić information content (AvgIpc) is 2.25. The number of sulfone groups is 1. The maximum absolute atomic E-state index is 11.6. The van der Waals surface area contributed by atoms with Crippen molar-refractivity contribution in [3.63, 3.8) is 0 Å². The summed E-state index contributed by atoms with van der Waals surface area (Å²) in [5.41, 5.74) is -0.0720. The zero-order valence-electron chi connectivity index (χ0n) is 9.63. The summed E-state index contributed by atoms with van der Waals surface area (Å²) in [6.07, 6.45) is 2.16. The molecular weight excluding hydrogens is 242 g/mol. The Morgan fingerprint density at radius 1 is 1.47 bits per heavy atom. The van der Waals surface area contributed by atoms with Gasteiger partial charge in [-0.05, 0) is 6.07 Å². The molecule has 90 valence electrons. The van der Waals surface area contributed by atoms with Gasteiger partial charge in [-0.25, -0.2) is 13.4 Å².